The van der Waals surface area contributed by atoms with Crippen molar-refractivity contribution in [2.24, 2.45) is 5.92 Å². The number of hydrogen-bond acceptors (Lipinski definition) is 5. The number of rotatable bonds is 5. The Labute approximate surface area is 146 Å². The minimum absolute atomic E-state index is 0.0000661. The molecule has 2 aromatic rings. The second-order valence-corrected chi connectivity index (χ2v) is 7.02. The summed E-state index contributed by atoms with van der Waals surface area (Å²) >= 11 is 1.66. The predicted molar refractivity (Wildman–Crippen MR) is 96.2 cm³/mol. The first-order chi connectivity index (χ1) is 11.7. The second-order valence-electron chi connectivity index (χ2n) is 6.19. The Balaban J connectivity index is 1.55. The highest BCUT2D eigenvalue weighted by molar-refractivity contribution is 7.13. The van der Waals surface area contributed by atoms with Gasteiger partial charge in [-0.3, -0.25) is 4.79 Å². The van der Waals surface area contributed by atoms with Gasteiger partial charge >= 0.3 is 0 Å². The normalized spacial score (nSPS) is 16.8. The molecule has 6 heteroatoms. The molecule has 1 aromatic heterocycles. The molecular weight excluding hydrogens is 322 g/mol. The number of anilines is 1. The number of carbonyl (C=O) groups excluding carboxylic acids is 1. The topological polar surface area (TPSA) is 65.5 Å². The fourth-order valence-corrected chi connectivity index (χ4v) is 3.89. The Hall–Kier alpha value is -1.92. The van der Waals surface area contributed by atoms with Crippen LogP contribution in [0.15, 0.2) is 35.7 Å². The number of aryl methyl sites for hydroxylation is 1. The van der Waals surface area contributed by atoms with Crippen LogP contribution in [0.2, 0.25) is 0 Å². The SMILES string of the molecule is Cc1csc(N2CCC(C(=O)NC(CO)c3ccccc3)CC2)n1. The number of aromatic nitrogens is 1. The lowest BCUT2D eigenvalue weighted by Gasteiger charge is -2.31. The molecule has 1 amide bonds. The Kier molecular flexibility index (Phi) is 5.48. The number of nitrogens with one attached hydrogen (secondary N) is 1. The molecule has 3 rings (SSSR count). The highest BCUT2D eigenvalue weighted by Crippen LogP contribution is 2.26. The van der Waals surface area contributed by atoms with Gasteiger partial charge in [0.05, 0.1) is 18.3 Å². The number of aliphatic hydroxyl groups is 1. The van der Waals surface area contributed by atoms with Crippen molar-refractivity contribution in [3.63, 3.8) is 0 Å². The molecule has 1 aliphatic heterocycles. The first-order valence-corrected chi connectivity index (χ1v) is 9.18. The Morgan fingerprint density at radius 1 is 1.38 bits per heavy atom. The molecule has 0 radical (unpaired) electrons. The van der Waals surface area contributed by atoms with E-state index in [4.69, 9.17) is 0 Å². The van der Waals surface area contributed by atoms with E-state index in [1.807, 2.05) is 37.3 Å². The Morgan fingerprint density at radius 2 is 2.08 bits per heavy atom. The van der Waals surface area contributed by atoms with E-state index in [1.165, 1.54) is 0 Å². The molecule has 2 heterocycles. The monoisotopic (exact) mass is 345 g/mol. The number of aliphatic hydroxyl groups excluding tert-OH is 1. The zero-order chi connectivity index (χ0) is 16.9. The standard InChI is InChI=1S/C18H23N3O2S/c1-13-12-24-18(19-13)21-9-7-15(8-10-21)17(23)20-16(11-22)14-5-3-2-4-6-14/h2-6,12,15-16,22H,7-11H2,1H3,(H,20,23). The first kappa shape index (κ1) is 16.9. The van der Waals surface area contributed by atoms with E-state index in [2.05, 4.69) is 20.6 Å². The molecule has 24 heavy (non-hydrogen) atoms. The molecule has 2 N–H and O–H groups in total. The highest BCUT2D eigenvalue weighted by Gasteiger charge is 2.27. The van der Waals surface area contributed by atoms with Crippen molar-refractivity contribution in [1.29, 1.82) is 0 Å². The Bertz CT molecular complexity index is 666. The van der Waals surface area contributed by atoms with Crippen molar-refractivity contribution in [3.05, 3.63) is 47.0 Å². The summed E-state index contributed by atoms with van der Waals surface area (Å²) in [5.41, 5.74) is 1.98. The van der Waals surface area contributed by atoms with Crippen LogP contribution in [0.5, 0.6) is 0 Å². The summed E-state index contributed by atoms with van der Waals surface area (Å²) in [5, 5.41) is 15.7. The molecule has 1 unspecified atom stereocenters. The minimum atomic E-state index is -0.335. The molecule has 128 valence electrons. The number of hydrogen-bond donors (Lipinski definition) is 2. The summed E-state index contributed by atoms with van der Waals surface area (Å²) in [6.45, 7) is 3.60. The van der Waals surface area contributed by atoms with E-state index in [1.54, 1.807) is 11.3 Å². The van der Waals surface area contributed by atoms with E-state index in [0.29, 0.717) is 0 Å². The van der Waals surface area contributed by atoms with Gasteiger partial charge in [0.15, 0.2) is 5.13 Å². The zero-order valence-corrected chi connectivity index (χ0v) is 14.6. The average molecular weight is 345 g/mol. The molecule has 0 bridgehead atoms. The molecule has 1 saturated heterocycles. The number of piperidine rings is 1. The maximum Gasteiger partial charge on any atom is 0.223 e. The molecule has 1 fully saturated rings. The van der Waals surface area contributed by atoms with E-state index >= 15 is 0 Å². The van der Waals surface area contributed by atoms with Crippen LogP contribution in [0.1, 0.15) is 30.1 Å². The van der Waals surface area contributed by atoms with Crippen LogP contribution < -0.4 is 10.2 Å². The average Bonchev–Trinajstić information content (AvgIpc) is 3.07. The maximum absolute atomic E-state index is 12.5. The number of thiazole rings is 1. The van der Waals surface area contributed by atoms with Gasteiger partial charge in [-0.1, -0.05) is 30.3 Å². The summed E-state index contributed by atoms with van der Waals surface area (Å²) in [6, 6.07) is 9.27. The zero-order valence-electron chi connectivity index (χ0n) is 13.8. The highest BCUT2D eigenvalue weighted by atomic mass is 32.1. The van der Waals surface area contributed by atoms with Gasteiger partial charge in [0, 0.05) is 24.4 Å². The fraction of sp³-hybridized carbons (Fsp3) is 0.444. The van der Waals surface area contributed by atoms with E-state index in [0.717, 1.165) is 42.3 Å². The molecule has 5 nitrogen and oxygen atoms in total. The van der Waals surface area contributed by atoms with Crippen LogP contribution in [0.4, 0.5) is 5.13 Å². The lowest BCUT2D eigenvalue weighted by Crippen LogP contribution is -2.42. The fourth-order valence-electron chi connectivity index (χ4n) is 3.03. The lowest BCUT2D eigenvalue weighted by molar-refractivity contribution is -0.126. The van der Waals surface area contributed by atoms with Gasteiger partial charge in [0.25, 0.3) is 0 Å². The van der Waals surface area contributed by atoms with Gasteiger partial charge in [-0.15, -0.1) is 11.3 Å². The van der Waals surface area contributed by atoms with Crippen LogP contribution in [0.3, 0.4) is 0 Å². The predicted octanol–water partition coefficient (Wildman–Crippen LogP) is 2.52. The third-order valence-electron chi connectivity index (χ3n) is 4.44. The van der Waals surface area contributed by atoms with Crippen molar-refractivity contribution in [2.75, 3.05) is 24.6 Å². The maximum atomic E-state index is 12.5. The quantitative estimate of drug-likeness (QED) is 0.874. The van der Waals surface area contributed by atoms with E-state index < -0.39 is 0 Å². The number of benzene rings is 1. The third-order valence-corrected chi connectivity index (χ3v) is 5.46. The smallest absolute Gasteiger partial charge is 0.223 e. The first-order valence-electron chi connectivity index (χ1n) is 8.30. The van der Waals surface area contributed by atoms with Crippen molar-refractivity contribution in [3.8, 4) is 0 Å². The second kappa shape index (κ2) is 7.77. The Morgan fingerprint density at radius 3 is 2.67 bits per heavy atom. The summed E-state index contributed by atoms with van der Waals surface area (Å²) < 4.78 is 0. The van der Waals surface area contributed by atoms with E-state index in [-0.39, 0.29) is 24.5 Å². The molecular formula is C18H23N3O2S. The number of nitrogens with zero attached hydrogens (tertiary/aromatic N) is 2. The van der Waals surface area contributed by atoms with Gasteiger partial charge in [0.1, 0.15) is 0 Å². The molecule has 0 spiro atoms. The summed E-state index contributed by atoms with van der Waals surface area (Å²) in [5.74, 6) is 0.0351. The number of amides is 1. The van der Waals surface area contributed by atoms with Crippen LogP contribution in [0.25, 0.3) is 0 Å². The number of carbonyl (C=O) groups is 1. The van der Waals surface area contributed by atoms with Gasteiger partial charge in [-0.25, -0.2) is 4.98 Å². The van der Waals surface area contributed by atoms with Gasteiger partial charge < -0.3 is 15.3 Å². The summed E-state index contributed by atoms with van der Waals surface area (Å²) in [4.78, 5) is 19.3. The minimum Gasteiger partial charge on any atom is -0.394 e. The van der Waals surface area contributed by atoms with Crippen LogP contribution in [0, 0.1) is 12.8 Å². The lowest BCUT2D eigenvalue weighted by atomic mass is 9.95. The van der Waals surface area contributed by atoms with E-state index in [9.17, 15) is 9.90 Å². The molecule has 1 aliphatic rings. The third kappa shape index (κ3) is 3.94. The van der Waals surface area contributed by atoms with Crippen LogP contribution in [-0.4, -0.2) is 35.7 Å². The molecule has 1 atom stereocenters. The largest absolute Gasteiger partial charge is 0.394 e. The molecule has 0 saturated carbocycles. The molecule has 0 aliphatic carbocycles. The summed E-state index contributed by atoms with van der Waals surface area (Å²) in [6.07, 6.45) is 1.63. The van der Waals surface area contributed by atoms with Gasteiger partial charge in [0.2, 0.25) is 5.91 Å². The van der Waals surface area contributed by atoms with Crippen LogP contribution in [-0.2, 0) is 4.79 Å². The van der Waals surface area contributed by atoms with Crippen molar-refractivity contribution >= 4 is 22.4 Å². The van der Waals surface area contributed by atoms with Crippen molar-refractivity contribution < 1.29 is 9.90 Å². The van der Waals surface area contributed by atoms with Gasteiger partial charge in [-0.05, 0) is 25.3 Å². The van der Waals surface area contributed by atoms with Crippen molar-refractivity contribution in [1.82, 2.24) is 10.3 Å². The van der Waals surface area contributed by atoms with Gasteiger partial charge in [-0.2, -0.15) is 0 Å². The summed E-state index contributed by atoms with van der Waals surface area (Å²) in [7, 11) is 0. The molecule has 1 aromatic carbocycles. The van der Waals surface area contributed by atoms with Crippen molar-refractivity contribution in [2.45, 2.75) is 25.8 Å². The van der Waals surface area contributed by atoms with Crippen LogP contribution >= 0.6 is 11.3 Å².